The molecule has 6 nitrogen and oxygen atoms in total. The number of carboxylic acid groups (broad SMARTS) is 2. The maximum Gasteiger partial charge on any atom is 0.331 e. The third-order valence-electron chi connectivity index (χ3n) is 4.14. The van der Waals surface area contributed by atoms with E-state index in [1.807, 2.05) is 60.7 Å². The van der Waals surface area contributed by atoms with Crippen molar-refractivity contribution in [1.29, 1.82) is 0 Å². The lowest BCUT2D eigenvalue weighted by Crippen LogP contribution is -2.42. The molecule has 0 aliphatic carbocycles. The zero-order valence-electron chi connectivity index (χ0n) is 14.5. The molecule has 1 heterocycles. The maximum atomic E-state index is 11.7. The van der Waals surface area contributed by atoms with Crippen molar-refractivity contribution >= 4 is 23.7 Å². The van der Waals surface area contributed by atoms with Gasteiger partial charge in [0, 0.05) is 11.1 Å². The highest BCUT2D eigenvalue weighted by molar-refractivity contribution is 8.02. The minimum Gasteiger partial charge on any atom is -0.480 e. The summed E-state index contributed by atoms with van der Waals surface area (Å²) in [4.78, 5) is 27.7. The van der Waals surface area contributed by atoms with Crippen LogP contribution in [0.4, 0.5) is 0 Å². The number of aliphatic carboxylic acids is 2. The summed E-state index contributed by atoms with van der Waals surface area (Å²) in [6.07, 6.45) is -0.119. The minimum atomic E-state index is -2.06. The molecule has 2 aromatic carbocycles. The first-order valence-corrected chi connectivity index (χ1v) is 9.07. The van der Waals surface area contributed by atoms with Crippen LogP contribution in [0.15, 0.2) is 70.3 Å². The van der Waals surface area contributed by atoms with Crippen LogP contribution < -0.4 is 0 Å². The summed E-state index contributed by atoms with van der Waals surface area (Å²) in [5.74, 6) is -2.42. The van der Waals surface area contributed by atoms with Crippen LogP contribution in [0.2, 0.25) is 0 Å². The fraction of sp³-hybridized carbons (Fsp3) is 0.150. The SMILES string of the molecule is CCC(Sc1nc(-c2ccccc2)c(-c2ccccc2)o1)(C(=O)O)C(=O)O. The van der Waals surface area contributed by atoms with Crippen molar-refractivity contribution in [3.63, 3.8) is 0 Å². The van der Waals surface area contributed by atoms with Gasteiger partial charge < -0.3 is 14.6 Å². The number of hydrogen-bond acceptors (Lipinski definition) is 5. The summed E-state index contributed by atoms with van der Waals surface area (Å²) in [7, 11) is 0. The van der Waals surface area contributed by atoms with Gasteiger partial charge in [0.25, 0.3) is 5.22 Å². The van der Waals surface area contributed by atoms with E-state index in [1.165, 1.54) is 6.92 Å². The Morgan fingerprint density at radius 1 is 0.963 bits per heavy atom. The molecule has 3 rings (SSSR count). The van der Waals surface area contributed by atoms with Crippen LogP contribution in [0.25, 0.3) is 22.6 Å². The molecule has 138 valence electrons. The summed E-state index contributed by atoms with van der Waals surface area (Å²) in [5.41, 5.74) is 2.09. The van der Waals surface area contributed by atoms with Crippen LogP contribution in [-0.2, 0) is 9.59 Å². The Kier molecular flexibility index (Phi) is 5.32. The summed E-state index contributed by atoms with van der Waals surface area (Å²) in [6, 6.07) is 18.6. The van der Waals surface area contributed by atoms with Crippen molar-refractivity contribution in [3.8, 4) is 22.6 Å². The van der Waals surface area contributed by atoms with Crippen molar-refractivity contribution in [2.75, 3.05) is 0 Å². The number of aromatic nitrogens is 1. The number of rotatable bonds is 7. The van der Waals surface area contributed by atoms with Gasteiger partial charge in [0.2, 0.25) is 4.75 Å². The largest absolute Gasteiger partial charge is 0.480 e. The highest BCUT2D eigenvalue weighted by atomic mass is 32.2. The highest BCUT2D eigenvalue weighted by Gasteiger charge is 2.48. The van der Waals surface area contributed by atoms with Crippen molar-refractivity contribution in [2.45, 2.75) is 23.3 Å². The van der Waals surface area contributed by atoms with Crippen LogP contribution in [-0.4, -0.2) is 31.9 Å². The second kappa shape index (κ2) is 7.67. The van der Waals surface area contributed by atoms with E-state index in [0.29, 0.717) is 23.2 Å². The normalized spacial score (nSPS) is 11.3. The molecular weight excluding hydrogens is 366 g/mol. The van der Waals surface area contributed by atoms with Crippen molar-refractivity contribution in [1.82, 2.24) is 4.98 Å². The molecule has 0 amide bonds. The second-order valence-electron chi connectivity index (χ2n) is 5.78. The van der Waals surface area contributed by atoms with E-state index in [9.17, 15) is 19.8 Å². The van der Waals surface area contributed by atoms with Gasteiger partial charge in [-0.2, -0.15) is 0 Å². The van der Waals surface area contributed by atoms with E-state index in [-0.39, 0.29) is 11.6 Å². The molecule has 3 aromatic rings. The summed E-state index contributed by atoms with van der Waals surface area (Å²) in [5, 5.41) is 19.0. The highest BCUT2D eigenvalue weighted by Crippen LogP contribution is 2.41. The van der Waals surface area contributed by atoms with Crippen LogP contribution in [0, 0.1) is 0 Å². The van der Waals surface area contributed by atoms with Gasteiger partial charge in [-0.25, -0.2) is 4.98 Å². The van der Waals surface area contributed by atoms with E-state index < -0.39 is 16.7 Å². The molecule has 0 aliphatic heterocycles. The molecule has 1 aromatic heterocycles. The molecule has 0 aliphatic rings. The minimum absolute atomic E-state index is 0.000596. The van der Waals surface area contributed by atoms with Gasteiger partial charge in [-0.15, -0.1) is 0 Å². The Balaban J connectivity index is 2.12. The molecule has 0 saturated heterocycles. The quantitative estimate of drug-likeness (QED) is 0.460. The zero-order chi connectivity index (χ0) is 19.4. The Bertz CT molecular complexity index is 882. The Hall–Kier alpha value is -3.06. The molecule has 0 bridgehead atoms. The van der Waals surface area contributed by atoms with Gasteiger partial charge >= 0.3 is 11.9 Å². The van der Waals surface area contributed by atoms with E-state index in [4.69, 9.17) is 4.42 Å². The fourth-order valence-corrected chi connectivity index (χ4v) is 3.50. The average Bonchev–Trinajstić information content (AvgIpc) is 3.11. The Morgan fingerprint density at radius 3 is 1.96 bits per heavy atom. The van der Waals surface area contributed by atoms with E-state index in [0.717, 1.165) is 11.1 Å². The van der Waals surface area contributed by atoms with Crippen molar-refractivity contribution in [2.24, 2.45) is 0 Å². The molecule has 2 N–H and O–H groups in total. The first kappa shape index (κ1) is 18.7. The monoisotopic (exact) mass is 383 g/mol. The van der Waals surface area contributed by atoms with Gasteiger partial charge in [0.05, 0.1) is 0 Å². The number of hydrogen-bond donors (Lipinski definition) is 2. The van der Waals surface area contributed by atoms with Gasteiger partial charge in [-0.3, -0.25) is 9.59 Å². The summed E-state index contributed by atoms with van der Waals surface area (Å²) < 4.78 is 3.78. The smallest absolute Gasteiger partial charge is 0.331 e. The lowest BCUT2D eigenvalue weighted by molar-refractivity contribution is -0.151. The molecule has 7 heteroatoms. The lowest BCUT2D eigenvalue weighted by Gasteiger charge is -2.20. The van der Waals surface area contributed by atoms with Crippen LogP contribution in [0.5, 0.6) is 0 Å². The molecule has 0 unspecified atom stereocenters. The second-order valence-corrected chi connectivity index (χ2v) is 7.03. The zero-order valence-corrected chi connectivity index (χ0v) is 15.3. The number of benzene rings is 2. The van der Waals surface area contributed by atoms with Crippen molar-refractivity contribution in [3.05, 3.63) is 60.7 Å². The lowest BCUT2D eigenvalue weighted by atomic mass is 10.1. The fourth-order valence-electron chi connectivity index (χ4n) is 2.62. The van der Waals surface area contributed by atoms with Gasteiger partial charge in [0.15, 0.2) is 5.76 Å². The standard InChI is InChI=1S/C20H17NO5S/c1-2-20(17(22)23,18(24)25)27-19-21-15(13-9-5-3-6-10-13)16(26-19)14-11-7-4-8-12-14/h3-12H,2H2,1H3,(H,22,23)(H,24,25). The van der Waals surface area contributed by atoms with E-state index in [1.54, 1.807) is 0 Å². The maximum absolute atomic E-state index is 11.7. The van der Waals surface area contributed by atoms with Gasteiger partial charge in [-0.1, -0.05) is 67.6 Å². The third kappa shape index (κ3) is 3.59. The summed E-state index contributed by atoms with van der Waals surface area (Å²) in [6.45, 7) is 1.51. The molecule has 0 radical (unpaired) electrons. The van der Waals surface area contributed by atoms with Crippen LogP contribution >= 0.6 is 11.8 Å². The predicted molar refractivity (Wildman–Crippen MR) is 102 cm³/mol. The number of thioether (sulfide) groups is 1. The Labute approximate surface area is 159 Å². The number of carbonyl (C=O) groups is 2. The molecule has 0 fully saturated rings. The predicted octanol–water partition coefficient (Wildman–Crippen LogP) is 4.42. The van der Waals surface area contributed by atoms with E-state index >= 15 is 0 Å². The molecule has 0 spiro atoms. The van der Waals surface area contributed by atoms with Gasteiger partial charge in [-0.05, 0) is 18.2 Å². The molecule has 27 heavy (non-hydrogen) atoms. The number of carboxylic acids is 2. The Morgan fingerprint density at radius 2 is 1.48 bits per heavy atom. The first-order chi connectivity index (χ1) is 13.0. The number of oxazole rings is 1. The first-order valence-electron chi connectivity index (χ1n) is 8.25. The number of nitrogens with zero attached hydrogens (tertiary/aromatic N) is 1. The molecule has 0 saturated carbocycles. The van der Waals surface area contributed by atoms with Crippen molar-refractivity contribution < 1.29 is 24.2 Å². The topological polar surface area (TPSA) is 101 Å². The molecular formula is C20H17NO5S. The van der Waals surface area contributed by atoms with Crippen LogP contribution in [0.3, 0.4) is 0 Å². The third-order valence-corrected chi connectivity index (χ3v) is 5.48. The van der Waals surface area contributed by atoms with E-state index in [2.05, 4.69) is 4.98 Å². The summed E-state index contributed by atoms with van der Waals surface area (Å²) >= 11 is 0.600. The van der Waals surface area contributed by atoms with Gasteiger partial charge in [0.1, 0.15) is 5.69 Å². The molecule has 0 atom stereocenters. The average molecular weight is 383 g/mol. The van der Waals surface area contributed by atoms with Crippen LogP contribution in [0.1, 0.15) is 13.3 Å².